The van der Waals surface area contributed by atoms with E-state index in [2.05, 4.69) is 10.3 Å². The van der Waals surface area contributed by atoms with E-state index in [0.29, 0.717) is 24.8 Å². The Hall–Kier alpha value is -2.04. The minimum atomic E-state index is -0.768. The molecule has 0 fully saturated rings. The van der Waals surface area contributed by atoms with Crippen molar-refractivity contribution in [3.8, 4) is 0 Å². The molecule has 1 amide bonds. The summed E-state index contributed by atoms with van der Waals surface area (Å²) in [6, 6.07) is 1.42. The summed E-state index contributed by atoms with van der Waals surface area (Å²) < 4.78 is 12.9. The molecule has 0 saturated carbocycles. The number of nitrogens with one attached hydrogen (secondary N) is 1. The maximum Gasteiger partial charge on any atom is 0.223 e. The van der Waals surface area contributed by atoms with Crippen LogP contribution in [0.15, 0.2) is 18.3 Å². The zero-order valence-electron chi connectivity index (χ0n) is 9.44. The first-order chi connectivity index (χ1) is 8.13. The van der Waals surface area contributed by atoms with Crippen molar-refractivity contribution in [3.05, 3.63) is 35.4 Å². The number of amides is 1. The smallest absolute Gasteiger partial charge is 0.223 e. The Bertz CT molecular complexity index is 444. The molecule has 0 aliphatic heterocycles. The molecule has 1 rings (SSSR count). The predicted octanol–water partition coefficient (Wildman–Crippen LogP) is 1.57. The second-order valence-electron chi connectivity index (χ2n) is 3.44. The summed E-state index contributed by atoms with van der Waals surface area (Å²) in [7, 11) is 0. The second kappa shape index (κ2) is 6.52. The van der Waals surface area contributed by atoms with E-state index in [4.69, 9.17) is 0 Å². The summed E-state index contributed by atoms with van der Waals surface area (Å²) in [4.78, 5) is 24.5. The molecule has 5 heteroatoms. The molecular formula is C12H13FN2O2. The molecule has 0 aliphatic carbocycles. The van der Waals surface area contributed by atoms with Crippen LogP contribution in [0.5, 0.6) is 0 Å². The van der Waals surface area contributed by atoms with Crippen LogP contribution < -0.4 is 5.32 Å². The number of rotatable bonds is 5. The number of pyridine rings is 1. The maximum atomic E-state index is 12.9. The van der Waals surface area contributed by atoms with E-state index in [1.807, 2.05) is 6.08 Å². The first-order valence-electron chi connectivity index (χ1n) is 5.15. The molecule has 0 aromatic carbocycles. The van der Waals surface area contributed by atoms with Gasteiger partial charge in [-0.1, -0.05) is 12.2 Å². The summed E-state index contributed by atoms with van der Waals surface area (Å²) in [6.45, 7) is 1.99. The van der Waals surface area contributed by atoms with Crippen LogP contribution in [0.3, 0.4) is 0 Å². The first-order valence-corrected chi connectivity index (χ1v) is 5.15. The normalized spacial score (nSPS) is 10.5. The third-order valence-electron chi connectivity index (χ3n) is 2.01. The van der Waals surface area contributed by atoms with Crippen molar-refractivity contribution in [2.24, 2.45) is 0 Å². The van der Waals surface area contributed by atoms with Gasteiger partial charge in [-0.3, -0.25) is 9.59 Å². The van der Waals surface area contributed by atoms with Crippen molar-refractivity contribution in [2.45, 2.75) is 13.3 Å². The van der Waals surface area contributed by atoms with Crippen LogP contribution in [0.1, 0.15) is 29.3 Å². The van der Waals surface area contributed by atoms with Gasteiger partial charge in [-0.25, -0.2) is 4.98 Å². The number of nitrogens with zero attached hydrogens (tertiary/aromatic N) is 1. The van der Waals surface area contributed by atoms with Crippen LogP contribution in [0.25, 0.3) is 6.08 Å². The van der Waals surface area contributed by atoms with Gasteiger partial charge in [-0.2, -0.15) is 4.39 Å². The van der Waals surface area contributed by atoms with Crippen LogP contribution >= 0.6 is 0 Å². The number of halogens is 1. The molecular weight excluding hydrogens is 223 g/mol. The molecule has 0 bridgehead atoms. The van der Waals surface area contributed by atoms with Gasteiger partial charge in [0, 0.05) is 19.7 Å². The summed E-state index contributed by atoms with van der Waals surface area (Å²) in [5, 5.41) is 2.64. The third-order valence-corrected chi connectivity index (χ3v) is 2.01. The minimum Gasteiger partial charge on any atom is -0.356 e. The lowest BCUT2D eigenvalue weighted by Gasteiger charge is -1.98. The van der Waals surface area contributed by atoms with Crippen molar-refractivity contribution in [3.63, 3.8) is 0 Å². The number of aldehydes is 1. The molecule has 0 spiro atoms. The zero-order chi connectivity index (χ0) is 12.7. The standard InChI is InChI=1S/C12H13FN2O2/c1-9(17)14-5-3-2-4-10-6-11(8-16)12(13)15-7-10/h2,4,6-8H,3,5H2,1H3,(H,14,17). The predicted molar refractivity (Wildman–Crippen MR) is 61.9 cm³/mol. The van der Waals surface area contributed by atoms with Gasteiger partial charge in [0.2, 0.25) is 11.9 Å². The molecule has 1 aromatic rings. The van der Waals surface area contributed by atoms with Crippen molar-refractivity contribution in [2.75, 3.05) is 6.54 Å². The Morgan fingerprint density at radius 1 is 1.59 bits per heavy atom. The molecule has 90 valence electrons. The van der Waals surface area contributed by atoms with Crippen LogP contribution in [-0.2, 0) is 4.79 Å². The fourth-order valence-electron chi connectivity index (χ4n) is 1.21. The summed E-state index contributed by atoms with van der Waals surface area (Å²) in [5.41, 5.74) is 0.588. The van der Waals surface area contributed by atoms with E-state index < -0.39 is 5.95 Å². The molecule has 0 unspecified atom stereocenters. The third kappa shape index (κ3) is 4.55. The van der Waals surface area contributed by atoms with E-state index in [1.54, 1.807) is 6.08 Å². The lowest BCUT2D eigenvalue weighted by atomic mass is 10.2. The van der Waals surface area contributed by atoms with E-state index >= 15 is 0 Å². The Morgan fingerprint density at radius 2 is 2.35 bits per heavy atom. The zero-order valence-corrected chi connectivity index (χ0v) is 9.44. The Labute approximate surface area is 98.6 Å². The molecule has 4 nitrogen and oxygen atoms in total. The van der Waals surface area contributed by atoms with Gasteiger partial charge in [-0.05, 0) is 18.1 Å². The fourth-order valence-corrected chi connectivity index (χ4v) is 1.21. The van der Waals surface area contributed by atoms with Crippen molar-refractivity contribution in [1.29, 1.82) is 0 Å². The molecule has 0 saturated heterocycles. The number of carbonyl (C=O) groups excluding carboxylic acids is 2. The highest BCUT2D eigenvalue weighted by Gasteiger charge is 2.01. The summed E-state index contributed by atoms with van der Waals surface area (Å²) in [6.07, 6.45) is 5.97. The van der Waals surface area contributed by atoms with Gasteiger partial charge in [-0.15, -0.1) is 0 Å². The molecule has 0 atom stereocenters. The summed E-state index contributed by atoms with van der Waals surface area (Å²) >= 11 is 0. The average Bonchev–Trinajstić information content (AvgIpc) is 2.30. The van der Waals surface area contributed by atoms with Crippen LogP contribution in [0.2, 0.25) is 0 Å². The Kier molecular flexibility index (Phi) is 5.00. The SMILES string of the molecule is CC(=O)NCCC=Cc1cnc(F)c(C=O)c1. The highest BCUT2D eigenvalue weighted by molar-refractivity contribution is 5.76. The Balaban J connectivity index is 2.53. The molecule has 0 radical (unpaired) electrons. The van der Waals surface area contributed by atoms with E-state index in [9.17, 15) is 14.0 Å². The van der Waals surface area contributed by atoms with Gasteiger partial charge in [0.25, 0.3) is 0 Å². The Morgan fingerprint density at radius 3 is 3.00 bits per heavy atom. The van der Waals surface area contributed by atoms with E-state index in [0.717, 1.165) is 0 Å². The lowest BCUT2D eigenvalue weighted by molar-refractivity contribution is -0.118. The van der Waals surface area contributed by atoms with Crippen molar-refractivity contribution < 1.29 is 14.0 Å². The van der Waals surface area contributed by atoms with Crippen LogP contribution in [-0.4, -0.2) is 23.7 Å². The minimum absolute atomic E-state index is 0.0611. The monoisotopic (exact) mass is 236 g/mol. The number of aromatic nitrogens is 1. The van der Waals surface area contributed by atoms with Crippen LogP contribution in [0.4, 0.5) is 4.39 Å². The first kappa shape index (κ1) is 13.0. The highest BCUT2D eigenvalue weighted by Crippen LogP contribution is 2.07. The fraction of sp³-hybridized carbons (Fsp3) is 0.250. The molecule has 0 aliphatic rings. The van der Waals surface area contributed by atoms with Gasteiger partial charge in [0.15, 0.2) is 6.29 Å². The maximum absolute atomic E-state index is 12.9. The van der Waals surface area contributed by atoms with Gasteiger partial charge in [0.1, 0.15) is 0 Å². The van der Waals surface area contributed by atoms with Gasteiger partial charge in [0.05, 0.1) is 5.56 Å². The lowest BCUT2D eigenvalue weighted by Crippen LogP contribution is -2.20. The van der Waals surface area contributed by atoms with E-state index in [-0.39, 0.29) is 11.5 Å². The number of hydrogen-bond acceptors (Lipinski definition) is 3. The topological polar surface area (TPSA) is 59.1 Å². The largest absolute Gasteiger partial charge is 0.356 e. The quantitative estimate of drug-likeness (QED) is 0.479. The second-order valence-corrected chi connectivity index (χ2v) is 3.44. The highest BCUT2D eigenvalue weighted by atomic mass is 19.1. The molecule has 1 N–H and O–H groups in total. The van der Waals surface area contributed by atoms with Gasteiger partial charge < -0.3 is 5.32 Å². The molecule has 17 heavy (non-hydrogen) atoms. The van der Waals surface area contributed by atoms with Gasteiger partial charge >= 0.3 is 0 Å². The average molecular weight is 236 g/mol. The number of hydrogen-bond donors (Lipinski definition) is 1. The molecule has 1 heterocycles. The van der Waals surface area contributed by atoms with Crippen molar-refractivity contribution >= 4 is 18.3 Å². The summed E-state index contributed by atoms with van der Waals surface area (Å²) in [5.74, 6) is -0.847. The van der Waals surface area contributed by atoms with Crippen LogP contribution in [0, 0.1) is 5.95 Å². The molecule has 1 aromatic heterocycles. The number of carbonyl (C=O) groups is 2. The van der Waals surface area contributed by atoms with E-state index in [1.165, 1.54) is 19.2 Å². The van der Waals surface area contributed by atoms with Crippen molar-refractivity contribution in [1.82, 2.24) is 10.3 Å².